The zero-order chi connectivity index (χ0) is 15.9. The fourth-order valence-corrected chi connectivity index (χ4v) is 3.09. The van der Waals surface area contributed by atoms with Gasteiger partial charge in [-0.1, -0.05) is 45.2 Å². The molecule has 0 atom stereocenters. The van der Waals surface area contributed by atoms with Gasteiger partial charge in [-0.25, -0.2) is 0 Å². The van der Waals surface area contributed by atoms with Gasteiger partial charge in [0, 0.05) is 5.92 Å². The maximum Gasteiger partial charge on any atom is 0.223 e. The number of nitrogens with one attached hydrogen (secondary N) is 1. The van der Waals surface area contributed by atoms with E-state index in [1.165, 1.54) is 30.4 Å². The highest BCUT2D eigenvalue weighted by Gasteiger charge is 2.20. The molecule has 1 saturated carbocycles. The summed E-state index contributed by atoms with van der Waals surface area (Å²) in [6.45, 7) is 7.52. The molecule has 0 aliphatic heterocycles. The first-order valence-corrected chi connectivity index (χ1v) is 8.59. The molecule has 1 aromatic carbocycles. The molecule has 0 spiro atoms. The number of carbonyl (C=O) groups excluding carboxylic acids is 1. The van der Waals surface area contributed by atoms with E-state index in [0.717, 1.165) is 18.6 Å². The molecule has 0 heterocycles. The van der Waals surface area contributed by atoms with Gasteiger partial charge in [0.2, 0.25) is 5.91 Å². The third-order valence-corrected chi connectivity index (χ3v) is 4.43. The molecule has 1 aliphatic rings. The van der Waals surface area contributed by atoms with Gasteiger partial charge in [0.15, 0.2) is 0 Å². The standard InChI is InChI=1S/C19H29NO2/c1-14(2)17-10-9-15(3)13-18(17)22-12-11-20-19(21)16-7-5-4-6-8-16/h9-10,13-14,16H,4-8,11-12H2,1-3H3,(H,20,21). The third kappa shape index (κ3) is 4.75. The van der Waals surface area contributed by atoms with Gasteiger partial charge >= 0.3 is 0 Å². The van der Waals surface area contributed by atoms with Gasteiger partial charge in [-0.3, -0.25) is 4.79 Å². The molecule has 0 radical (unpaired) electrons. The molecule has 0 saturated heterocycles. The van der Waals surface area contributed by atoms with E-state index in [1.54, 1.807) is 0 Å². The van der Waals surface area contributed by atoms with Crippen LogP contribution in [0.5, 0.6) is 5.75 Å². The Bertz CT molecular complexity index is 490. The first-order valence-electron chi connectivity index (χ1n) is 8.59. The zero-order valence-corrected chi connectivity index (χ0v) is 14.2. The molecular weight excluding hydrogens is 274 g/mol. The minimum atomic E-state index is 0.205. The lowest BCUT2D eigenvalue weighted by molar-refractivity contribution is -0.126. The predicted molar refractivity (Wildman–Crippen MR) is 90.3 cm³/mol. The second-order valence-electron chi connectivity index (χ2n) is 6.67. The molecule has 1 fully saturated rings. The molecule has 0 bridgehead atoms. The quantitative estimate of drug-likeness (QED) is 0.800. The molecule has 1 aromatic rings. The van der Waals surface area contributed by atoms with Crippen LogP contribution in [0.25, 0.3) is 0 Å². The fourth-order valence-electron chi connectivity index (χ4n) is 3.09. The van der Waals surface area contributed by atoms with E-state index in [2.05, 4.69) is 44.3 Å². The van der Waals surface area contributed by atoms with Crippen molar-refractivity contribution in [2.75, 3.05) is 13.2 Å². The van der Waals surface area contributed by atoms with E-state index in [0.29, 0.717) is 19.1 Å². The van der Waals surface area contributed by atoms with Crippen molar-refractivity contribution >= 4 is 5.91 Å². The van der Waals surface area contributed by atoms with Crippen LogP contribution in [0.1, 0.15) is 63.0 Å². The van der Waals surface area contributed by atoms with Crippen molar-refractivity contribution in [3.8, 4) is 5.75 Å². The molecule has 2 rings (SSSR count). The van der Waals surface area contributed by atoms with Gasteiger partial charge in [0.25, 0.3) is 0 Å². The summed E-state index contributed by atoms with van der Waals surface area (Å²) in [5.74, 6) is 1.81. The highest BCUT2D eigenvalue weighted by molar-refractivity contribution is 5.78. The minimum absolute atomic E-state index is 0.205. The number of hydrogen-bond donors (Lipinski definition) is 1. The Morgan fingerprint density at radius 1 is 1.27 bits per heavy atom. The first-order chi connectivity index (χ1) is 10.6. The monoisotopic (exact) mass is 303 g/mol. The lowest BCUT2D eigenvalue weighted by Crippen LogP contribution is -2.34. The van der Waals surface area contributed by atoms with E-state index in [9.17, 15) is 4.79 Å². The maximum atomic E-state index is 12.1. The predicted octanol–water partition coefficient (Wildman–Crippen LogP) is 4.19. The average Bonchev–Trinajstić information content (AvgIpc) is 2.52. The number of hydrogen-bond acceptors (Lipinski definition) is 2. The molecule has 3 heteroatoms. The topological polar surface area (TPSA) is 38.3 Å². The Kier molecular flexibility index (Phi) is 6.29. The summed E-state index contributed by atoms with van der Waals surface area (Å²) >= 11 is 0. The van der Waals surface area contributed by atoms with Crippen LogP contribution < -0.4 is 10.1 Å². The number of ether oxygens (including phenoxy) is 1. The van der Waals surface area contributed by atoms with Crippen LogP contribution in [0.15, 0.2) is 18.2 Å². The van der Waals surface area contributed by atoms with Crippen LogP contribution in [-0.2, 0) is 4.79 Å². The minimum Gasteiger partial charge on any atom is -0.491 e. The molecule has 0 unspecified atom stereocenters. The summed E-state index contributed by atoms with van der Waals surface area (Å²) < 4.78 is 5.90. The zero-order valence-electron chi connectivity index (χ0n) is 14.2. The van der Waals surface area contributed by atoms with E-state index >= 15 is 0 Å². The summed E-state index contributed by atoms with van der Waals surface area (Å²) in [5.41, 5.74) is 2.43. The number of benzene rings is 1. The van der Waals surface area contributed by atoms with E-state index in [-0.39, 0.29) is 11.8 Å². The second kappa shape index (κ2) is 8.21. The second-order valence-corrected chi connectivity index (χ2v) is 6.67. The molecule has 122 valence electrons. The Hall–Kier alpha value is -1.51. The van der Waals surface area contributed by atoms with Gasteiger partial charge in [-0.15, -0.1) is 0 Å². The van der Waals surface area contributed by atoms with Crippen LogP contribution in [0.2, 0.25) is 0 Å². The van der Waals surface area contributed by atoms with Crippen LogP contribution >= 0.6 is 0 Å². The van der Waals surface area contributed by atoms with Crippen LogP contribution in [0, 0.1) is 12.8 Å². The summed E-state index contributed by atoms with van der Waals surface area (Å²) in [4.78, 5) is 12.1. The van der Waals surface area contributed by atoms with Crippen molar-refractivity contribution in [3.05, 3.63) is 29.3 Å². The van der Waals surface area contributed by atoms with Crippen molar-refractivity contribution in [2.24, 2.45) is 5.92 Å². The lowest BCUT2D eigenvalue weighted by atomic mass is 9.89. The highest BCUT2D eigenvalue weighted by atomic mass is 16.5. The van der Waals surface area contributed by atoms with Gasteiger partial charge < -0.3 is 10.1 Å². The highest BCUT2D eigenvalue weighted by Crippen LogP contribution is 2.27. The Labute approximate surface area is 134 Å². The van der Waals surface area contributed by atoms with Crippen molar-refractivity contribution in [2.45, 2.75) is 58.8 Å². The van der Waals surface area contributed by atoms with E-state index in [4.69, 9.17) is 4.74 Å². The fraction of sp³-hybridized carbons (Fsp3) is 0.632. The van der Waals surface area contributed by atoms with Crippen molar-refractivity contribution in [1.82, 2.24) is 5.32 Å². The molecule has 1 amide bonds. The van der Waals surface area contributed by atoms with Crippen molar-refractivity contribution in [1.29, 1.82) is 0 Å². The molecule has 0 aromatic heterocycles. The van der Waals surface area contributed by atoms with E-state index in [1.807, 2.05) is 0 Å². The van der Waals surface area contributed by atoms with Crippen LogP contribution in [0.3, 0.4) is 0 Å². The average molecular weight is 303 g/mol. The maximum absolute atomic E-state index is 12.1. The Balaban J connectivity index is 1.78. The molecular formula is C19H29NO2. The Morgan fingerprint density at radius 3 is 2.68 bits per heavy atom. The summed E-state index contributed by atoms with van der Waals surface area (Å²) in [6.07, 6.45) is 5.74. The summed E-state index contributed by atoms with van der Waals surface area (Å²) in [5, 5.41) is 3.02. The molecule has 1 aliphatic carbocycles. The number of amides is 1. The van der Waals surface area contributed by atoms with Gasteiger partial charge in [-0.05, 0) is 42.9 Å². The number of aryl methyl sites for hydroxylation is 1. The molecule has 3 nitrogen and oxygen atoms in total. The SMILES string of the molecule is Cc1ccc(C(C)C)c(OCCNC(=O)C2CCCCC2)c1. The normalized spacial score (nSPS) is 15.8. The van der Waals surface area contributed by atoms with Crippen LogP contribution in [-0.4, -0.2) is 19.1 Å². The number of rotatable bonds is 6. The number of carbonyl (C=O) groups is 1. The largest absolute Gasteiger partial charge is 0.491 e. The molecule has 22 heavy (non-hydrogen) atoms. The van der Waals surface area contributed by atoms with Gasteiger partial charge in [0.1, 0.15) is 12.4 Å². The Morgan fingerprint density at radius 2 is 2.00 bits per heavy atom. The smallest absolute Gasteiger partial charge is 0.223 e. The van der Waals surface area contributed by atoms with Crippen LogP contribution in [0.4, 0.5) is 0 Å². The third-order valence-electron chi connectivity index (χ3n) is 4.43. The van der Waals surface area contributed by atoms with Gasteiger partial charge in [0.05, 0.1) is 6.54 Å². The summed E-state index contributed by atoms with van der Waals surface area (Å²) in [7, 11) is 0. The van der Waals surface area contributed by atoms with Gasteiger partial charge in [-0.2, -0.15) is 0 Å². The molecule has 1 N–H and O–H groups in total. The van der Waals surface area contributed by atoms with Crippen molar-refractivity contribution < 1.29 is 9.53 Å². The van der Waals surface area contributed by atoms with E-state index < -0.39 is 0 Å². The lowest BCUT2D eigenvalue weighted by Gasteiger charge is -2.21. The summed E-state index contributed by atoms with van der Waals surface area (Å²) in [6, 6.07) is 6.33. The first kappa shape index (κ1) is 16.9. The van der Waals surface area contributed by atoms with Crippen molar-refractivity contribution in [3.63, 3.8) is 0 Å².